The van der Waals surface area contributed by atoms with Crippen LogP contribution in [0.15, 0.2) is 34.1 Å². The Hall–Kier alpha value is -1.00. The summed E-state index contributed by atoms with van der Waals surface area (Å²) in [5, 5.41) is 0. The Morgan fingerprint density at radius 1 is 1.17 bits per heavy atom. The van der Waals surface area contributed by atoms with E-state index in [9.17, 15) is 16.8 Å². The van der Waals surface area contributed by atoms with Gasteiger partial charge in [0.2, 0.25) is 20.0 Å². The fourth-order valence-corrected chi connectivity index (χ4v) is 5.20. The van der Waals surface area contributed by atoms with Crippen molar-refractivity contribution in [1.82, 2.24) is 9.03 Å². The number of piperidine rings is 1. The first kappa shape index (κ1) is 18.3. The summed E-state index contributed by atoms with van der Waals surface area (Å²) in [4.78, 5) is 0.113. The number of nitrogens with two attached hydrogens (primary N) is 1. The summed E-state index contributed by atoms with van der Waals surface area (Å²) < 4.78 is 52.7. The molecule has 0 aliphatic carbocycles. The van der Waals surface area contributed by atoms with Gasteiger partial charge in [0, 0.05) is 19.1 Å². The Balaban J connectivity index is 2.33. The topological polar surface area (TPSA) is 110 Å². The Kier molecular flexibility index (Phi) is 5.47. The maximum atomic E-state index is 12.8. The van der Waals surface area contributed by atoms with Gasteiger partial charge in [0.25, 0.3) is 0 Å². The van der Waals surface area contributed by atoms with Gasteiger partial charge in [-0.1, -0.05) is 6.92 Å². The summed E-state index contributed by atoms with van der Waals surface area (Å²) in [5.41, 5.74) is 5.74. The molecule has 0 aromatic heterocycles. The molecule has 2 atom stereocenters. The van der Waals surface area contributed by atoms with Gasteiger partial charge in [-0.25, -0.2) is 21.6 Å². The van der Waals surface area contributed by atoms with E-state index in [0.717, 1.165) is 12.8 Å². The summed E-state index contributed by atoms with van der Waals surface area (Å²) in [6.07, 6.45) is 1.53. The van der Waals surface area contributed by atoms with Crippen LogP contribution in [0, 0.1) is 5.92 Å². The van der Waals surface area contributed by atoms with Crippen LogP contribution in [-0.2, 0) is 20.0 Å². The van der Waals surface area contributed by atoms with Crippen molar-refractivity contribution in [2.45, 2.75) is 35.6 Å². The third-order valence-electron chi connectivity index (χ3n) is 4.21. The Bertz CT molecular complexity index is 745. The molecule has 0 radical (unpaired) electrons. The van der Waals surface area contributed by atoms with Crippen molar-refractivity contribution in [3.05, 3.63) is 24.3 Å². The molecule has 3 N–H and O–H groups in total. The van der Waals surface area contributed by atoms with Gasteiger partial charge >= 0.3 is 0 Å². The van der Waals surface area contributed by atoms with Crippen LogP contribution in [0.25, 0.3) is 0 Å². The monoisotopic (exact) mass is 361 g/mol. The molecule has 2 rings (SSSR count). The van der Waals surface area contributed by atoms with E-state index in [2.05, 4.69) is 11.6 Å². The molecule has 0 spiro atoms. The van der Waals surface area contributed by atoms with Gasteiger partial charge in [0.05, 0.1) is 9.79 Å². The van der Waals surface area contributed by atoms with E-state index in [-0.39, 0.29) is 22.4 Å². The number of benzene rings is 1. The predicted octanol–water partition coefficient (Wildman–Crippen LogP) is 0.343. The molecule has 0 amide bonds. The third kappa shape index (κ3) is 3.74. The van der Waals surface area contributed by atoms with Gasteiger partial charge in [0.1, 0.15) is 0 Å². The number of hydrogen-bond acceptors (Lipinski definition) is 5. The normalized spacial score (nSPS) is 23.8. The zero-order valence-corrected chi connectivity index (χ0v) is 14.9. The SMILES string of the molecule is CNS(=O)(=O)c1ccc(S(=O)(=O)N2CCC(C)CC2CN)cc1. The zero-order chi connectivity index (χ0) is 17.3. The molecule has 1 fully saturated rings. The lowest BCUT2D eigenvalue weighted by atomic mass is 9.94. The number of nitrogens with one attached hydrogen (secondary N) is 1. The molecule has 0 saturated carbocycles. The largest absolute Gasteiger partial charge is 0.329 e. The molecule has 2 unspecified atom stereocenters. The summed E-state index contributed by atoms with van der Waals surface area (Å²) in [6.45, 7) is 2.79. The summed E-state index contributed by atoms with van der Waals surface area (Å²) in [5.74, 6) is 0.443. The van der Waals surface area contributed by atoms with E-state index < -0.39 is 20.0 Å². The van der Waals surface area contributed by atoms with Gasteiger partial charge in [-0.3, -0.25) is 0 Å². The highest BCUT2D eigenvalue weighted by molar-refractivity contribution is 7.89. The minimum Gasteiger partial charge on any atom is -0.329 e. The minimum absolute atomic E-state index is 0.0293. The molecular formula is C14H23N3O4S2. The first-order valence-corrected chi connectivity index (χ1v) is 10.4. The first-order chi connectivity index (χ1) is 10.7. The van der Waals surface area contributed by atoms with E-state index in [1.807, 2.05) is 0 Å². The van der Waals surface area contributed by atoms with Crippen LogP contribution in [0.4, 0.5) is 0 Å². The standard InChI is InChI=1S/C14H23N3O4S2/c1-11-7-8-17(12(9-11)10-15)23(20,21)14-5-3-13(4-6-14)22(18,19)16-2/h3-6,11-12,16H,7-10,15H2,1-2H3. The van der Waals surface area contributed by atoms with Crippen molar-refractivity contribution in [2.24, 2.45) is 11.7 Å². The molecule has 130 valence electrons. The number of rotatable bonds is 5. The molecule has 1 aromatic rings. The summed E-state index contributed by atoms with van der Waals surface area (Å²) >= 11 is 0. The van der Waals surface area contributed by atoms with Gasteiger partial charge in [-0.2, -0.15) is 4.31 Å². The van der Waals surface area contributed by atoms with Gasteiger partial charge < -0.3 is 5.73 Å². The van der Waals surface area contributed by atoms with Gasteiger partial charge in [-0.05, 0) is 50.1 Å². The van der Waals surface area contributed by atoms with E-state index in [0.29, 0.717) is 12.5 Å². The molecule has 9 heteroatoms. The molecule has 7 nitrogen and oxygen atoms in total. The molecule has 1 aliphatic rings. The second-order valence-corrected chi connectivity index (χ2v) is 9.59. The molecule has 1 aromatic carbocycles. The molecular weight excluding hydrogens is 338 g/mol. The summed E-state index contributed by atoms with van der Waals surface area (Å²) in [6, 6.07) is 5.02. The molecule has 0 bridgehead atoms. The fraction of sp³-hybridized carbons (Fsp3) is 0.571. The Morgan fingerprint density at radius 3 is 2.26 bits per heavy atom. The van der Waals surface area contributed by atoms with Crippen LogP contribution in [0.3, 0.4) is 0 Å². The zero-order valence-electron chi connectivity index (χ0n) is 13.3. The second-order valence-electron chi connectivity index (χ2n) is 5.81. The number of hydrogen-bond donors (Lipinski definition) is 2. The lowest BCUT2D eigenvalue weighted by Gasteiger charge is -2.36. The van der Waals surface area contributed by atoms with Crippen LogP contribution in [0.5, 0.6) is 0 Å². The van der Waals surface area contributed by atoms with Gasteiger partial charge in [0.15, 0.2) is 0 Å². The molecule has 1 heterocycles. The highest BCUT2D eigenvalue weighted by Gasteiger charge is 2.35. The first-order valence-electron chi connectivity index (χ1n) is 7.48. The molecule has 23 heavy (non-hydrogen) atoms. The quantitative estimate of drug-likeness (QED) is 0.786. The van der Waals surface area contributed by atoms with E-state index in [1.54, 1.807) is 0 Å². The highest BCUT2D eigenvalue weighted by Crippen LogP contribution is 2.28. The average molecular weight is 361 g/mol. The number of sulfonamides is 2. The number of nitrogens with zero attached hydrogens (tertiary/aromatic N) is 1. The second kappa shape index (κ2) is 6.86. The lowest BCUT2D eigenvalue weighted by molar-refractivity contribution is 0.211. The highest BCUT2D eigenvalue weighted by atomic mass is 32.2. The minimum atomic E-state index is -3.68. The predicted molar refractivity (Wildman–Crippen MR) is 87.8 cm³/mol. The van der Waals surface area contributed by atoms with Crippen LogP contribution < -0.4 is 10.5 Å². The van der Waals surface area contributed by atoms with Crippen LogP contribution in [0.2, 0.25) is 0 Å². The van der Waals surface area contributed by atoms with Crippen molar-refractivity contribution in [3.8, 4) is 0 Å². The van der Waals surface area contributed by atoms with Gasteiger partial charge in [-0.15, -0.1) is 0 Å². The van der Waals surface area contributed by atoms with Crippen molar-refractivity contribution in [3.63, 3.8) is 0 Å². The lowest BCUT2D eigenvalue weighted by Crippen LogP contribution is -2.49. The molecule has 1 aliphatic heterocycles. The van der Waals surface area contributed by atoms with E-state index >= 15 is 0 Å². The van der Waals surface area contributed by atoms with E-state index in [1.165, 1.54) is 35.6 Å². The van der Waals surface area contributed by atoms with Crippen molar-refractivity contribution in [2.75, 3.05) is 20.1 Å². The fourth-order valence-electron chi connectivity index (χ4n) is 2.80. The maximum absolute atomic E-state index is 12.8. The summed E-state index contributed by atoms with van der Waals surface area (Å²) in [7, 11) is -5.96. The van der Waals surface area contributed by atoms with Crippen LogP contribution in [0.1, 0.15) is 19.8 Å². The average Bonchev–Trinajstić information content (AvgIpc) is 2.54. The van der Waals surface area contributed by atoms with Crippen LogP contribution in [-0.4, -0.2) is 47.3 Å². The Morgan fingerprint density at radius 2 is 1.74 bits per heavy atom. The van der Waals surface area contributed by atoms with Crippen molar-refractivity contribution in [1.29, 1.82) is 0 Å². The van der Waals surface area contributed by atoms with Crippen molar-refractivity contribution < 1.29 is 16.8 Å². The molecule has 1 saturated heterocycles. The van der Waals surface area contributed by atoms with Crippen molar-refractivity contribution >= 4 is 20.0 Å². The third-order valence-corrected chi connectivity index (χ3v) is 7.60. The smallest absolute Gasteiger partial charge is 0.243 e. The van der Waals surface area contributed by atoms with Crippen LogP contribution >= 0.6 is 0 Å². The van der Waals surface area contributed by atoms with E-state index in [4.69, 9.17) is 5.73 Å². The Labute approximate surface area is 138 Å². The maximum Gasteiger partial charge on any atom is 0.243 e.